The van der Waals surface area contributed by atoms with Crippen molar-refractivity contribution in [2.45, 2.75) is 6.92 Å². The van der Waals surface area contributed by atoms with Crippen molar-refractivity contribution in [2.24, 2.45) is 0 Å². The molecule has 0 saturated carbocycles. The molecule has 1 aromatic heterocycles. The molecule has 0 radical (unpaired) electrons. The maximum Gasteiger partial charge on any atom is 0.182 e. The molecular weight excluding hydrogens is 266 g/mol. The molecule has 0 spiro atoms. The number of para-hydroxylation sites is 1. The molecule has 1 heterocycles. The zero-order chi connectivity index (χ0) is 13.6. The molecule has 0 amide bonds. The highest BCUT2D eigenvalue weighted by atomic mass is 32.1. The first-order valence-corrected chi connectivity index (χ1v) is 6.14. The van der Waals surface area contributed by atoms with E-state index in [2.05, 4.69) is 4.98 Å². The van der Waals surface area contributed by atoms with Crippen LogP contribution in [0.3, 0.4) is 0 Å². The number of halogens is 2. The normalized spacial score (nSPS) is 11.1. The van der Waals surface area contributed by atoms with Crippen LogP contribution in [0.25, 0.3) is 16.7 Å². The van der Waals surface area contributed by atoms with Gasteiger partial charge in [-0.25, -0.2) is 8.78 Å². The number of nitrogens with zero attached hydrogens (tertiary/aromatic N) is 1. The summed E-state index contributed by atoms with van der Waals surface area (Å²) in [7, 11) is 0. The monoisotopic (exact) mass is 276 g/mol. The zero-order valence-electron chi connectivity index (χ0n) is 10.1. The molecule has 0 aliphatic carbocycles. The molecule has 0 unspecified atom stereocenters. The van der Waals surface area contributed by atoms with Gasteiger partial charge in [0.1, 0.15) is 0 Å². The maximum absolute atomic E-state index is 13.3. The highest BCUT2D eigenvalue weighted by Crippen LogP contribution is 2.23. The lowest BCUT2D eigenvalue weighted by Gasteiger charge is -2.05. The Morgan fingerprint density at radius 1 is 1.11 bits per heavy atom. The van der Waals surface area contributed by atoms with Crippen LogP contribution in [-0.4, -0.2) is 9.55 Å². The molecule has 0 saturated heterocycles. The summed E-state index contributed by atoms with van der Waals surface area (Å²) in [6.07, 6.45) is 0. The minimum atomic E-state index is -0.888. The van der Waals surface area contributed by atoms with Crippen LogP contribution in [0.4, 0.5) is 8.78 Å². The van der Waals surface area contributed by atoms with E-state index in [9.17, 15) is 8.78 Å². The van der Waals surface area contributed by atoms with E-state index in [4.69, 9.17) is 12.2 Å². The van der Waals surface area contributed by atoms with Gasteiger partial charge in [-0.3, -0.25) is 4.57 Å². The van der Waals surface area contributed by atoms with Gasteiger partial charge in [0.2, 0.25) is 0 Å². The Labute approximate surface area is 113 Å². The zero-order valence-corrected chi connectivity index (χ0v) is 10.9. The number of fused-ring (bicyclic) bond motifs is 1. The number of H-pyrrole nitrogens is 1. The number of aromatic nitrogens is 2. The molecule has 0 fully saturated rings. The van der Waals surface area contributed by atoms with Gasteiger partial charge in [-0.05, 0) is 42.9 Å². The summed E-state index contributed by atoms with van der Waals surface area (Å²) in [4.78, 5) is 3.09. The van der Waals surface area contributed by atoms with Gasteiger partial charge in [0.05, 0.1) is 16.7 Å². The van der Waals surface area contributed by atoms with Crippen molar-refractivity contribution >= 4 is 23.3 Å². The number of nitrogens with one attached hydrogen (secondary N) is 1. The Morgan fingerprint density at radius 3 is 2.63 bits per heavy atom. The highest BCUT2D eigenvalue weighted by Gasteiger charge is 2.10. The van der Waals surface area contributed by atoms with Gasteiger partial charge >= 0.3 is 0 Å². The largest absolute Gasteiger partial charge is 0.330 e. The first-order chi connectivity index (χ1) is 9.08. The molecule has 96 valence electrons. The third kappa shape index (κ3) is 1.86. The van der Waals surface area contributed by atoms with Crippen LogP contribution in [0, 0.1) is 23.3 Å². The van der Waals surface area contributed by atoms with Gasteiger partial charge in [0.25, 0.3) is 0 Å². The second-order valence-electron chi connectivity index (χ2n) is 4.33. The second kappa shape index (κ2) is 4.28. The number of benzene rings is 2. The van der Waals surface area contributed by atoms with Gasteiger partial charge in [0, 0.05) is 6.07 Å². The van der Waals surface area contributed by atoms with E-state index in [0.717, 1.165) is 28.7 Å². The summed E-state index contributed by atoms with van der Waals surface area (Å²) in [5.41, 5.74) is 3.29. The fourth-order valence-corrected chi connectivity index (χ4v) is 2.46. The van der Waals surface area contributed by atoms with Crippen LogP contribution in [0.2, 0.25) is 0 Å². The summed E-state index contributed by atoms with van der Waals surface area (Å²) in [6.45, 7) is 1.96. The highest BCUT2D eigenvalue weighted by molar-refractivity contribution is 7.71. The molecule has 2 nitrogen and oxygen atoms in total. The lowest BCUT2D eigenvalue weighted by Crippen LogP contribution is -1.96. The number of imidazole rings is 1. The molecule has 2 aromatic carbocycles. The van der Waals surface area contributed by atoms with Crippen LogP contribution < -0.4 is 0 Å². The van der Waals surface area contributed by atoms with Crippen molar-refractivity contribution in [1.29, 1.82) is 0 Å². The van der Waals surface area contributed by atoms with Crippen LogP contribution in [0.15, 0.2) is 36.4 Å². The van der Waals surface area contributed by atoms with E-state index in [1.54, 1.807) is 4.57 Å². The maximum atomic E-state index is 13.3. The van der Waals surface area contributed by atoms with Crippen molar-refractivity contribution in [3.8, 4) is 5.69 Å². The fourth-order valence-electron chi connectivity index (χ4n) is 2.15. The minimum absolute atomic E-state index is 0.454. The predicted octanol–water partition coefficient (Wildman–Crippen LogP) is 4.27. The number of hydrogen-bond donors (Lipinski definition) is 1. The molecule has 19 heavy (non-hydrogen) atoms. The van der Waals surface area contributed by atoms with E-state index < -0.39 is 11.6 Å². The van der Waals surface area contributed by atoms with E-state index in [-0.39, 0.29) is 0 Å². The SMILES string of the molecule is Cc1cccc2c1[nH]c(=S)n2-c1ccc(F)c(F)c1. The van der Waals surface area contributed by atoms with Crippen molar-refractivity contribution in [3.63, 3.8) is 0 Å². The molecule has 0 bridgehead atoms. The van der Waals surface area contributed by atoms with Gasteiger partial charge in [-0.2, -0.15) is 0 Å². The average Bonchev–Trinajstić information content (AvgIpc) is 2.71. The van der Waals surface area contributed by atoms with E-state index in [1.165, 1.54) is 6.07 Å². The van der Waals surface area contributed by atoms with Gasteiger partial charge in [0.15, 0.2) is 16.4 Å². The van der Waals surface area contributed by atoms with Crippen LogP contribution in [-0.2, 0) is 0 Å². The smallest absolute Gasteiger partial charge is 0.182 e. The Hall–Kier alpha value is -2.01. The lowest BCUT2D eigenvalue weighted by atomic mass is 10.2. The third-order valence-electron chi connectivity index (χ3n) is 3.09. The van der Waals surface area contributed by atoms with Crippen LogP contribution in [0.1, 0.15) is 5.56 Å². The predicted molar refractivity (Wildman–Crippen MR) is 73.1 cm³/mol. The van der Waals surface area contributed by atoms with Crippen molar-refractivity contribution < 1.29 is 8.78 Å². The van der Waals surface area contributed by atoms with Gasteiger partial charge in [-0.1, -0.05) is 12.1 Å². The molecule has 3 rings (SSSR count). The van der Waals surface area contributed by atoms with Gasteiger partial charge < -0.3 is 4.98 Å². The molecule has 0 aliphatic rings. The second-order valence-corrected chi connectivity index (χ2v) is 4.72. The molecule has 3 aromatic rings. The lowest BCUT2D eigenvalue weighted by molar-refractivity contribution is 0.508. The van der Waals surface area contributed by atoms with Crippen molar-refractivity contribution in [3.05, 3.63) is 58.4 Å². The molecule has 0 aliphatic heterocycles. The minimum Gasteiger partial charge on any atom is -0.330 e. The molecule has 5 heteroatoms. The average molecular weight is 276 g/mol. The summed E-state index contributed by atoms with van der Waals surface area (Å²) in [5, 5.41) is 0. The fraction of sp³-hybridized carbons (Fsp3) is 0.0714. The van der Waals surface area contributed by atoms with E-state index in [1.807, 2.05) is 25.1 Å². The summed E-state index contributed by atoms with van der Waals surface area (Å²) >= 11 is 5.26. The van der Waals surface area contributed by atoms with Crippen molar-refractivity contribution in [2.75, 3.05) is 0 Å². The van der Waals surface area contributed by atoms with Crippen LogP contribution in [0.5, 0.6) is 0 Å². The number of aryl methyl sites for hydroxylation is 1. The molecule has 1 N–H and O–H groups in total. The first kappa shape index (κ1) is 12.0. The number of rotatable bonds is 1. The summed E-state index contributed by atoms with van der Waals surface area (Å²) < 4.78 is 28.5. The van der Waals surface area contributed by atoms with Gasteiger partial charge in [-0.15, -0.1) is 0 Å². The van der Waals surface area contributed by atoms with E-state index >= 15 is 0 Å². The number of hydrogen-bond acceptors (Lipinski definition) is 1. The standard InChI is InChI=1S/C14H10F2N2S/c1-8-3-2-4-12-13(8)17-14(19)18(12)9-5-6-10(15)11(16)7-9/h2-7H,1H3,(H,17,19). The van der Waals surface area contributed by atoms with E-state index in [0.29, 0.717) is 10.5 Å². The third-order valence-corrected chi connectivity index (χ3v) is 3.37. The summed E-state index contributed by atoms with van der Waals surface area (Å²) in [6, 6.07) is 9.49. The Balaban J connectivity index is 2.36. The Morgan fingerprint density at radius 2 is 1.89 bits per heavy atom. The molecule has 0 atom stereocenters. The quantitative estimate of drug-likeness (QED) is 0.658. The Kier molecular flexibility index (Phi) is 2.71. The summed E-state index contributed by atoms with van der Waals surface area (Å²) in [5.74, 6) is -1.76. The van der Waals surface area contributed by atoms with Crippen LogP contribution >= 0.6 is 12.2 Å². The number of aromatic amines is 1. The van der Waals surface area contributed by atoms with Crippen molar-refractivity contribution in [1.82, 2.24) is 9.55 Å². The molecular formula is C14H10F2N2S. The first-order valence-electron chi connectivity index (χ1n) is 5.73. The topological polar surface area (TPSA) is 20.7 Å². The Bertz CT molecular complexity index is 833.